The maximum atomic E-state index is 12.5. The van der Waals surface area contributed by atoms with E-state index < -0.39 is 24.8 Å². The van der Waals surface area contributed by atoms with E-state index in [0.717, 1.165) is 12.1 Å². The van der Waals surface area contributed by atoms with E-state index in [1.54, 1.807) is 4.90 Å². The van der Waals surface area contributed by atoms with E-state index in [2.05, 4.69) is 20.4 Å². The molecule has 188 valence electrons. The predicted octanol–water partition coefficient (Wildman–Crippen LogP) is 2.32. The number of amides is 2. The summed E-state index contributed by atoms with van der Waals surface area (Å²) < 4.78 is 40.5. The predicted molar refractivity (Wildman–Crippen MR) is 116 cm³/mol. The van der Waals surface area contributed by atoms with Crippen LogP contribution in [0.4, 0.5) is 18.9 Å². The number of carbonyl (C=O) groups is 3. The first-order valence-electron chi connectivity index (χ1n) is 10.6. The molecular formula is C22H23F3N4O6. The van der Waals surface area contributed by atoms with Crippen molar-refractivity contribution in [2.45, 2.75) is 25.1 Å². The molecule has 4 N–H and O–H groups in total. The number of piperidine rings is 1. The summed E-state index contributed by atoms with van der Waals surface area (Å²) in [4.78, 5) is 40.6. The van der Waals surface area contributed by atoms with Crippen molar-refractivity contribution in [1.29, 1.82) is 0 Å². The molecule has 0 unspecified atom stereocenters. The molecule has 1 fully saturated rings. The molecule has 0 spiro atoms. The lowest BCUT2D eigenvalue weighted by Crippen LogP contribution is -2.41. The van der Waals surface area contributed by atoms with Gasteiger partial charge in [0.05, 0.1) is 6.54 Å². The fraction of sp³-hybridized carbons (Fsp3) is 0.364. The number of aliphatic carboxylic acids is 1. The number of aromatic nitrogens is 1. The van der Waals surface area contributed by atoms with Crippen molar-refractivity contribution in [2.75, 3.05) is 31.5 Å². The first kappa shape index (κ1) is 25.6. The van der Waals surface area contributed by atoms with Gasteiger partial charge in [0.15, 0.2) is 5.69 Å². The molecule has 13 heteroatoms. The second-order valence-corrected chi connectivity index (χ2v) is 7.79. The molecule has 35 heavy (non-hydrogen) atoms. The molecule has 3 rings (SSSR count). The van der Waals surface area contributed by atoms with Crippen molar-refractivity contribution in [3.8, 4) is 11.5 Å². The number of nitrogens with one attached hydrogen (secondary N) is 2. The minimum Gasteiger partial charge on any atom is -0.505 e. The lowest BCUT2D eigenvalue weighted by Gasteiger charge is -2.32. The lowest BCUT2D eigenvalue weighted by atomic mass is 9.90. The molecule has 10 nitrogen and oxygen atoms in total. The number of hydrogen-bond donors (Lipinski definition) is 4. The smallest absolute Gasteiger partial charge is 0.505 e. The third-order valence-electron chi connectivity index (χ3n) is 5.35. The van der Waals surface area contributed by atoms with Crippen LogP contribution < -0.4 is 15.4 Å². The highest BCUT2D eigenvalue weighted by molar-refractivity contribution is 5.96. The number of carboxylic acid groups (broad SMARTS) is 1. The molecule has 1 aliphatic heterocycles. The number of carboxylic acids is 1. The molecule has 0 atom stereocenters. The Kier molecular flexibility index (Phi) is 7.99. The molecule has 0 bridgehead atoms. The molecule has 2 aromatic rings. The first-order chi connectivity index (χ1) is 16.5. The molecular weight excluding hydrogens is 473 g/mol. The van der Waals surface area contributed by atoms with Crippen LogP contribution in [0.15, 0.2) is 36.5 Å². The highest BCUT2D eigenvalue weighted by Gasteiger charge is 2.31. The molecule has 1 aromatic carbocycles. The van der Waals surface area contributed by atoms with Gasteiger partial charge in [0.2, 0.25) is 5.91 Å². The Bertz CT molecular complexity index is 1070. The van der Waals surface area contributed by atoms with Crippen LogP contribution in [0.2, 0.25) is 0 Å². The summed E-state index contributed by atoms with van der Waals surface area (Å²) in [6.45, 7) is 0.268. The average Bonchev–Trinajstić information content (AvgIpc) is 2.81. The van der Waals surface area contributed by atoms with Gasteiger partial charge in [-0.25, -0.2) is 4.98 Å². The number of likely N-dealkylation sites (tertiary alicyclic amines) is 1. The second kappa shape index (κ2) is 10.9. The Balaban J connectivity index is 1.47. The van der Waals surface area contributed by atoms with Gasteiger partial charge in [0.1, 0.15) is 18.0 Å². The minimum absolute atomic E-state index is 0.00252. The number of pyridine rings is 1. The minimum atomic E-state index is -4.77. The summed E-state index contributed by atoms with van der Waals surface area (Å²) in [6.07, 6.45) is -2.13. The van der Waals surface area contributed by atoms with Gasteiger partial charge in [0.25, 0.3) is 5.91 Å². The highest BCUT2D eigenvalue weighted by atomic mass is 19.4. The van der Waals surface area contributed by atoms with Gasteiger partial charge in [0, 0.05) is 25.0 Å². The number of nitrogens with zero attached hydrogens (tertiary/aromatic N) is 2. The van der Waals surface area contributed by atoms with E-state index in [9.17, 15) is 32.7 Å². The number of halogens is 3. The maximum absolute atomic E-state index is 12.5. The number of benzene rings is 1. The fourth-order valence-corrected chi connectivity index (χ4v) is 3.63. The van der Waals surface area contributed by atoms with Crippen molar-refractivity contribution in [1.82, 2.24) is 15.2 Å². The lowest BCUT2D eigenvalue weighted by molar-refractivity contribution is -0.274. The van der Waals surface area contributed by atoms with Crippen LogP contribution in [-0.4, -0.2) is 70.4 Å². The summed E-state index contributed by atoms with van der Waals surface area (Å²) in [5.41, 5.74) is 0.896. The number of anilines is 1. The normalized spacial score (nSPS) is 14.3. The van der Waals surface area contributed by atoms with E-state index in [0.29, 0.717) is 37.2 Å². The van der Waals surface area contributed by atoms with E-state index >= 15 is 0 Å². The van der Waals surface area contributed by atoms with E-state index in [1.165, 1.54) is 24.4 Å². The van der Waals surface area contributed by atoms with Crippen molar-refractivity contribution in [3.63, 3.8) is 0 Å². The van der Waals surface area contributed by atoms with Crippen molar-refractivity contribution < 1.29 is 42.5 Å². The van der Waals surface area contributed by atoms with Crippen LogP contribution in [0.1, 0.15) is 34.8 Å². The van der Waals surface area contributed by atoms with E-state index in [-0.39, 0.29) is 35.6 Å². The number of alkyl halides is 3. The van der Waals surface area contributed by atoms with Gasteiger partial charge < -0.3 is 30.5 Å². The van der Waals surface area contributed by atoms with Crippen molar-refractivity contribution in [2.24, 2.45) is 0 Å². The van der Waals surface area contributed by atoms with Crippen molar-refractivity contribution in [3.05, 3.63) is 47.8 Å². The van der Waals surface area contributed by atoms with Gasteiger partial charge in [-0.15, -0.1) is 13.2 Å². The number of rotatable bonds is 8. The van der Waals surface area contributed by atoms with E-state index in [1.807, 2.05) is 0 Å². The molecule has 2 amide bonds. The number of carbonyl (C=O) groups excluding carboxylic acids is 2. The summed E-state index contributed by atoms with van der Waals surface area (Å²) in [5, 5.41) is 23.8. The average molecular weight is 496 g/mol. The summed E-state index contributed by atoms with van der Waals surface area (Å²) in [5.74, 6) is -2.91. The maximum Gasteiger partial charge on any atom is 0.573 e. The summed E-state index contributed by atoms with van der Waals surface area (Å²) >= 11 is 0. The van der Waals surface area contributed by atoms with E-state index in [4.69, 9.17) is 5.11 Å². The molecule has 0 aliphatic carbocycles. The highest BCUT2D eigenvalue weighted by Crippen LogP contribution is 2.30. The number of aromatic hydroxyl groups is 1. The summed E-state index contributed by atoms with van der Waals surface area (Å²) in [6, 6.07) is 6.47. The van der Waals surface area contributed by atoms with Crippen molar-refractivity contribution >= 4 is 23.5 Å². The van der Waals surface area contributed by atoms with Gasteiger partial charge in [-0.1, -0.05) is 0 Å². The Morgan fingerprint density at radius 3 is 2.34 bits per heavy atom. The van der Waals surface area contributed by atoms with Gasteiger partial charge >= 0.3 is 12.3 Å². The molecule has 1 saturated heterocycles. The van der Waals surface area contributed by atoms with Crippen LogP contribution >= 0.6 is 0 Å². The second-order valence-electron chi connectivity index (χ2n) is 7.79. The molecule has 1 aliphatic rings. The molecule has 0 saturated carbocycles. The monoisotopic (exact) mass is 496 g/mol. The Morgan fingerprint density at radius 1 is 1.11 bits per heavy atom. The molecule has 1 aromatic heterocycles. The third kappa shape index (κ3) is 7.48. The summed E-state index contributed by atoms with van der Waals surface area (Å²) in [7, 11) is 0. The van der Waals surface area contributed by atoms with Gasteiger partial charge in [-0.3, -0.25) is 14.4 Å². The Labute approximate surface area is 197 Å². The van der Waals surface area contributed by atoms with Crippen LogP contribution in [0, 0.1) is 0 Å². The zero-order chi connectivity index (χ0) is 25.6. The van der Waals surface area contributed by atoms with Gasteiger partial charge in [-0.2, -0.15) is 0 Å². The third-order valence-corrected chi connectivity index (χ3v) is 5.35. The van der Waals surface area contributed by atoms with Crippen LogP contribution in [0.3, 0.4) is 0 Å². The zero-order valence-electron chi connectivity index (χ0n) is 18.3. The van der Waals surface area contributed by atoms with Crippen LogP contribution in [-0.2, 0) is 9.59 Å². The molecule has 2 heterocycles. The SMILES string of the molecule is O=C(O)CNC(=O)c1ncc(C2CCN(C(=O)CNc3ccc(OC(F)(F)F)cc3)CC2)cc1O. The van der Waals surface area contributed by atoms with Gasteiger partial charge in [-0.05, 0) is 54.7 Å². The fourth-order valence-electron chi connectivity index (χ4n) is 3.63. The number of ether oxygens (including phenoxy) is 1. The topological polar surface area (TPSA) is 141 Å². The Morgan fingerprint density at radius 2 is 1.77 bits per heavy atom. The Hall–Kier alpha value is -4.03. The molecule has 0 radical (unpaired) electrons. The standard InChI is InChI=1S/C22H23F3N4O6/c23-22(24,25)35-16-3-1-15(2-4-16)26-11-18(31)29-7-5-13(6-8-29)14-9-17(30)20(27-10-14)21(34)28-12-19(32)33/h1-4,9-10,13,26,30H,5-8,11-12H2,(H,28,34)(H,32,33). The quantitative estimate of drug-likeness (QED) is 0.437. The number of hydrogen-bond acceptors (Lipinski definition) is 7. The zero-order valence-corrected chi connectivity index (χ0v) is 18.3. The largest absolute Gasteiger partial charge is 0.573 e. The first-order valence-corrected chi connectivity index (χ1v) is 10.6. The van der Waals surface area contributed by atoms with Crippen LogP contribution in [0.5, 0.6) is 11.5 Å². The van der Waals surface area contributed by atoms with Crippen LogP contribution in [0.25, 0.3) is 0 Å².